The Bertz CT molecular complexity index is 1210. The summed E-state index contributed by atoms with van der Waals surface area (Å²) in [6, 6.07) is 11.4. The van der Waals surface area contributed by atoms with Crippen LogP contribution >= 0.6 is 0 Å². The van der Waals surface area contributed by atoms with Crippen molar-refractivity contribution in [3.63, 3.8) is 0 Å². The highest BCUT2D eigenvalue weighted by molar-refractivity contribution is 6.06. The fourth-order valence-corrected chi connectivity index (χ4v) is 3.27. The normalized spacial score (nSPS) is 11.4. The van der Waals surface area contributed by atoms with Gasteiger partial charge in [0.2, 0.25) is 0 Å². The molecular formula is C22H21FN4O2. The van der Waals surface area contributed by atoms with Gasteiger partial charge in [-0.2, -0.15) is 5.10 Å². The number of nitrogens with one attached hydrogen (secondary N) is 1. The summed E-state index contributed by atoms with van der Waals surface area (Å²) in [4.78, 5) is 17.4. The molecule has 2 heterocycles. The predicted molar refractivity (Wildman–Crippen MR) is 109 cm³/mol. The number of nitrogens with zero attached hydrogens (tertiary/aromatic N) is 3. The van der Waals surface area contributed by atoms with Gasteiger partial charge in [0.25, 0.3) is 5.91 Å². The van der Waals surface area contributed by atoms with Crippen LogP contribution in [0.5, 0.6) is 0 Å². The molecule has 2 aromatic heterocycles. The molecule has 0 bridgehead atoms. The van der Waals surface area contributed by atoms with Crippen molar-refractivity contribution in [2.24, 2.45) is 0 Å². The number of anilines is 1. The summed E-state index contributed by atoms with van der Waals surface area (Å²) in [7, 11) is 0. The zero-order valence-electron chi connectivity index (χ0n) is 16.7. The number of rotatable bonds is 4. The number of halogens is 1. The summed E-state index contributed by atoms with van der Waals surface area (Å²) >= 11 is 0. The van der Waals surface area contributed by atoms with Crippen molar-refractivity contribution in [2.75, 3.05) is 5.32 Å². The number of carbonyl (C=O) groups is 1. The quantitative estimate of drug-likeness (QED) is 0.522. The number of amides is 1. The lowest BCUT2D eigenvalue weighted by Gasteiger charge is -2.07. The van der Waals surface area contributed by atoms with E-state index in [1.807, 2.05) is 20.8 Å². The number of aryl methyl sites for hydroxylation is 1. The molecule has 0 saturated heterocycles. The van der Waals surface area contributed by atoms with Gasteiger partial charge in [0.1, 0.15) is 11.3 Å². The van der Waals surface area contributed by atoms with E-state index in [-0.39, 0.29) is 17.6 Å². The molecule has 0 aliphatic heterocycles. The minimum Gasteiger partial charge on any atom is -0.440 e. The molecule has 7 heteroatoms. The van der Waals surface area contributed by atoms with E-state index in [1.54, 1.807) is 41.9 Å². The number of carbonyl (C=O) groups excluding carboxylic acids is 1. The zero-order chi connectivity index (χ0) is 20.7. The summed E-state index contributed by atoms with van der Waals surface area (Å²) < 4.78 is 20.6. The molecule has 1 amide bonds. The largest absolute Gasteiger partial charge is 0.440 e. The molecule has 2 aromatic carbocycles. The van der Waals surface area contributed by atoms with Crippen molar-refractivity contribution in [1.82, 2.24) is 14.8 Å². The Morgan fingerprint density at radius 2 is 1.86 bits per heavy atom. The predicted octanol–water partition coefficient (Wildman–Crippen LogP) is 5.15. The van der Waals surface area contributed by atoms with Crippen molar-refractivity contribution < 1.29 is 13.6 Å². The van der Waals surface area contributed by atoms with Gasteiger partial charge in [-0.3, -0.25) is 4.79 Å². The van der Waals surface area contributed by atoms with Crippen molar-refractivity contribution >= 4 is 22.7 Å². The smallest absolute Gasteiger partial charge is 0.259 e. The van der Waals surface area contributed by atoms with Crippen LogP contribution in [-0.2, 0) is 0 Å². The van der Waals surface area contributed by atoms with Crippen LogP contribution in [0.2, 0.25) is 0 Å². The third-order valence-electron chi connectivity index (χ3n) is 4.75. The van der Waals surface area contributed by atoms with E-state index in [2.05, 4.69) is 15.4 Å². The minimum atomic E-state index is -0.322. The monoisotopic (exact) mass is 392 g/mol. The summed E-state index contributed by atoms with van der Waals surface area (Å²) in [5.41, 5.74) is 4.45. The van der Waals surface area contributed by atoms with Gasteiger partial charge in [-0.25, -0.2) is 14.1 Å². The van der Waals surface area contributed by atoms with Gasteiger partial charge in [-0.05, 0) is 56.3 Å². The van der Waals surface area contributed by atoms with Crippen molar-refractivity contribution in [3.8, 4) is 5.69 Å². The van der Waals surface area contributed by atoms with Gasteiger partial charge in [0.15, 0.2) is 11.5 Å². The first kappa shape index (κ1) is 18.9. The van der Waals surface area contributed by atoms with E-state index in [1.165, 1.54) is 12.1 Å². The first-order chi connectivity index (χ1) is 13.8. The maximum absolute atomic E-state index is 13.2. The van der Waals surface area contributed by atoms with Crippen LogP contribution in [0, 0.1) is 19.7 Å². The molecule has 0 fully saturated rings. The van der Waals surface area contributed by atoms with Crippen LogP contribution in [0.25, 0.3) is 16.8 Å². The van der Waals surface area contributed by atoms with Gasteiger partial charge in [-0.15, -0.1) is 0 Å². The molecule has 4 rings (SSSR count). The second-order valence-corrected chi connectivity index (χ2v) is 7.28. The Morgan fingerprint density at radius 3 is 2.55 bits per heavy atom. The number of oxazole rings is 1. The van der Waals surface area contributed by atoms with E-state index >= 15 is 0 Å². The molecule has 6 nitrogen and oxygen atoms in total. The first-order valence-electron chi connectivity index (χ1n) is 9.37. The molecule has 0 unspecified atom stereocenters. The maximum atomic E-state index is 13.2. The standard InChI is InChI=1S/C22H21FN4O2/c1-12(2)22-25-18-11-16(7-10-19(18)29-22)24-21(28)20-13(3)26-27(14(20)4)17-8-5-15(23)6-9-17/h5-12H,1-4H3,(H,24,28). The molecule has 0 radical (unpaired) electrons. The van der Waals surface area contributed by atoms with E-state index < -0.39 is 0 Å². The van der Waals surface area contributed by atoms with Crippen LogP contribution in [0.15, 0.2) is 46.9 Å². The van der Waals surface area contributed by atoms with Gasteiger partial charge in [0, 0.05) is 11.6 Å². The lowest BCUT2D eigenvalue weighted by Crippen LogP contribution is -2.14. The van der Waals surface area contributed by atoms with E-state index in [9.17, 15) is 9.18 Å². The van der Waals surface area contributed by atoms with E-state index in [0.29, 0.717) is 45.3 Å². The van der Waals surface area contributed by atoms with Crippen molar-refractivity contribution in [3.05, 3.63) is 71.1 Å². The fourth-order valence-electron chi connectivity index (χ4n) is 3.27. The highest BCUT2D eigenvalue weighted by atomic mass is 19.1. The van der Waals surface area contributed by atoms with Crippen LogP contribution in [0.1, 0.15) is 47.4 Å². The number of hydrogen-bond donors (Lipinski definition) is 1. The Balaban J connectivity index is 1.63. The van der Waals surface area contributed by atoms with Gasteiger partial charge >= 0.3 is 0 Å². The number of benzene rings is 2. The molecule has 0 atom stereocenters. The minimum absolute atomic E-state index is 0.183. The summed E-state index contributed by atoms with van der Waals surface area (Å²) in [5, 5.41) is 7.36. The molecule has 0 aliphatic carbocycles. The highest BCUT2D eigenvalue weighted by Crippen LogP contribution is 2.25. The SMILES string of the molecule is Cc1nn(-c2ccc(F)cc2)c(C)c1C(=O)Nc1ccc2oc(C(C)C)nc2c1. The third kappa shape index (κ3) is 3.51. The summed E-state index contributed by atoms with van der Waals surface area (Å²) in [5.74, 6) is 0.260. The van der Waals surface area contributed by atoms with E-state index in [4.69, 9.17) is 4.42 Å². The lowest BCUT2D eigenvalue weighted by atomic mass is 10.1. The Labute approximate surface area is 167 Å². The van der Waals surface area contributed by atoms with Gasteiger partial charge in [0.05, 0.1) is 22.6 Å². The molecule has 148 valence electrons. The van der Waals surface area contributed by atoms with Crippen molar-refractivity contribution in [1.29, 1.82) is 0 Å². The summed E-state index contributed by atoms with van der Waals surface area (Å²) in [6.45, 7) is 7.61. The average molecular weight is 392 g/mol. The van der Waals surface area contributed by atoms with Crippen molar-refractivity contribution in [2.45, 2.75) is 33.6 Å². The maximum Gasteiger partial charge on any atom is 0.259 e. The first-order valence-corrected chi connectivity index (χ1v) is 9.37. The van der Waals surface area contributed by atoms with Crippen LogP contribution in [-0.4, -0.2) is 20.7 Å². The molecule has 0 aliphatic rings. The van der Waals surface area contributed by atoms with Gasteiger partial charge in [-0.1, -0.05) is 13.8 Å². The van der Waals surface area contributed by atoms with Crippen LogP contribution in [0.3, 0.4) is 0 Å². The summed E-state index contributed by atoms with van der Waals surface area (Å²) in [6.07, 6.45) is 0. The zero-order valence-corrected chi connectivity index (χ0v) is 16.7. The second-order valence-electron chi connectivity index (χ2n) is 7.28. The topological polar surface area (TPSA) is 73.0 Å². The Hall–Kier alpha value is -3.48. The second kappa shape index (κ2) is 7.16. The van der Waals surface area contributed by atoms with Crippen LogP contribution < -0.4 is 5.32 Å². The Morgan fingerprint density at radius 1 is 1.14 bits per heavy atom. The highest BCUT2D eigenvalue weighted by Gasteiger charge is 2.20. The number of aromatic nitrogens is 3. The molecule has 4 aromatic rings. The Kier molecular flexibility index (Phi) is 4.66. The number of hydrogen-bond acceptors (Lipinski definition) is 4. The molecule has 0 saturated carbocycles. The third-order valence-corrected chi connectivity index (χ3v) is 4.75. The fraction of sp³-hybridized carbons (Fsp3) is 0.227. The average Bonchev–Trinajstić information content (AvgIpc) is 3.23. The molecule has 0 spiro atoms. The number of fused-ring (bicyclic) bond motifs is 1. The van der Waals surface area contributed by atoms with Gasteiger partial charge < -0.3 is 9.73 Å². The van der Waals surface area contributed by atoms with E-state index in [0.717, 1.165) is 0 Å². The molecule has 29 heavy (non-hydrogen) atoms. The van der Waals surface area contributed by atoms with Crippen LogP contribution in [0.4, 0.5) is 10.1 Å². The molecule has 1 N–H and O–H groups in total. The lowest BCUT2D eigenvalue weighted by molar-refractivity contribution is 0.102. The molecular weight excluding hydrogens is 371 g/mol.